The molecule has 1 heterocycles. The van der Waals surface area contributed by atoms with E-state index in [-0.39, 0.29) is 4.87 Å². The van der Waals surface area contributed by atoms with Crippen LogP contribution >= 0.6 is 27.3 Å². The number of benzene rings is 1. The molecule has 72 valence electrons. The van der Waals surface area contributed by atoms with Gasteiger partial charge in [-0.05, 0) is 18.6 Å². The lowest BCUT2D eigenvalue weighted by molar-refractivity contribution is 1.33. The van der Waals surface area contributed by atoms with E-state index in [1.807, 2.05) is 30.5 Å². The maximum atomic E-state index is 11.0. The molecule has 0 aliphatic carbocycles. The van der Waals surface area contributed by atoms with Crippen LogP contribution in [-0.4, -0.2) is 4.98 Å². The fourth-order valence-electron chi connectivity index (χ4n) is 1.25. The number of hydrogen-bond acceptors (Lipinski definition) is 2. The van der Waals surface area contributed by atoms with Crippen molar-refractivity contribution in [1.29, 1.82) is 0 Å². The molecule has 0 saturated carbocycles. The normalized spacial score (nSPS) is 10.4. The summed E-state index contributed by atoms with van der Waals surface area (Å²) in [5.41, 5.74) is 3.08. The predicted molar refractivity (Wildman–Crippen MR) is 62.8 cm³/mol. The van der Waals surface area contributed by atoms with E-state index in [4.69, 9.17) is 0 Å². The fraction of sp³-hybridized carbons (Fsp3) is 0.100. The molecule has 2 rings (SSSR count). The second kappa shape index (κ2) is 3.71. The van der Waals surface area contributed by atoms with E-state index in [1.165, 1.54) is 16.9 Å². The molecule has 2 aromatic rings. The topological polar surface area (TPSA) is 32.9 Å². The summed E-state index contributed by atoms with van der Waals surface area (Å²) in [7, 11) is 0. The third-order valence-corrected chi connectivity index (χ3v) is 3.26. The summed E-state index contributed by atoms with van der Waals surface area (Å²) >= 11 is 4.66. The molecule has 0 aliphatic rings. The Balaban J connectivity index is 2.57. The van der Waals surface area contributed by atoms with Crippen molar-refractivity contribution in [2.24, 2.45) is 0 Å². The lowest BCUT2D eigenvalue weighted by Crippen LogP contribution is -1.92. The highest BCUT2D eigenvalue weighted by atomic mass is 79.9. The monoisotopic (exact) mass is 269 g/mol. The van der Waals surface area contributed by atoms with Crippen molar-refractivity contribution in [3.8, 4) is 11.3 Å². The van der Waals surface area contributed by atoms with Crippen molar-refractivity contribution in [3.05, 3.63) is 43.3 Å². The molecule has 0 unspecified atom stereocenters. The summed E-state index contributed by atoms with van der Waals surface area (Å²) in [6, 6.07) is 6.05. The van der Waals surface area contributed by atoms with Crippen LogP contribution in [0.5, 0.6) is 0 Å². The standard InChI is InChI=1S/C10H8BrNOS/c1-6-2-3-7(8(11)4-6)9-5-14-10(13)12-9/h2-5H,1H3,(H,12,13). The average molecular weight is 270 g/mol. The van der Waals surface area contributed by atoms with Crippen LogP contribution in [0, 0.1) is 6.92 Å². The van der Waals surface area contributed by atoms with E-state index in [9.17, 15) is 4.79 Å². The van der Waals surface area contributed by atoms with Gasteiger partial charge in [0.1, 0.15) is 0 Å². The van der Waals surface area contributed by atoms with Gasteiger partial charge in [0.2, 0.25) is 0 Å². The largest absolute Gasteiger partial charge is 0.312 e. The van der Waals surface area contributed by atoms with Gasteiger partial charge in [0.15, 0.2) is 0 Å². The van der Waals surface area contributed by atoms with Crippen LogP contribution in [0.2, 0.25) is 0 Å². The highest BCUT2D eigenvalue weighted by Gasteiger charge is 2.04. The molecule has 0 aliphatic heterocycles. The smallest absolute Gasteiger partial charge is 0.304 e. The number of aryl methyl sites for hydroxylation is 1. The third kappa shape index (κ3) is 1.81. The van der Waals surface area contributed by atoms with Crippen LogP contribution in [0.15, 0.2) is 32.8 Å². The van der Waals surface area contributed by atoms with Crippen molar-refractivity contribution >= 4 is 27.3 Å². The summed E-state index contributed by atoms with van der Waals surface area (Å²) in [6.07, 6.45) is 0. The Morgan fingerprint density at radius 3 is 2.79 bits per heavy atom. The van der Waals surface area contributed by atoms with E-state index in [1.54, 1.807) is 0 Å². The van der Waals surface area contributed by atoms with E-state index in [2.05, 4.69) is 20.9 Å². The van der Waals surface area contributed by atoms with Gasteiger partial charge in [0.05, 0.1) is 5.69 Å². The predicted octanol–water partition coefficient (Wildman–Crippen LogP) is 3.17. The number of nitrogens with one attached hydrogen (secondary N) is 1. The zero-order valence-corrected chi connectivity index (χ0v) is 9.91. The minimum absolute atomic E-state index is 0.0209. The first-order valence-corrected chi connectivity index (χ1v) is 5.78. The summed E-state index contributed by atoms with van der Waals surface area (Å²) in [6.45, 7) is 2.03. The first-order chi connectivity index (χ1) is 6.66. The highest BCUT2D eigenvalue weighted by molar-refractivity contribution is 9.10. The molecule has 1 aromatic heterocycles. The van der Waals surface area contributed by atoms with Crippen LogP contribution in [0.25, 0.3) is 11.3 Å². The Morgan fingerprint density at radius 1 is 1.43 bits per heavy atom. The highest BCUT2D eigenvalue weighted by Crippen LogP contribution is 2.27. The number of thiazole rings is 1. The van der Waals surface area contributed by atoms with Crippen LogP contribution < -0.4 is 4.87 Å². The van der Waals surface area contributed by atoms with Gasteiger partial charge in [-0.15, -0.1) is 0 Å². The average Bonchev–Trinajstić information content (AvgIpc) is 2.51. The molecule has 0 radical (unpaired) electrons. The number of aromatic nitrogens is 1. The Labute approximate surface area is 93.7 Å². The molecule has 4 heteroatoms. The molecule has 14 heavy (non-hydrogen) atoms. The van der Waals surface area contributed by atoms with Crippen molar-refractivity contribution in [1.82, 2.24) is 4.98 Å². The first-order valence-electron chi connectivity index (χ1n) is 4.11. The molecule has 0 saturated heterocycles. The second-order valence-electron chi connectivity index (χ2n) is 3.05. The van der Waals surface area contributed by atoms with Gasteiger partial charge in [-0.2, -0.15) is 0 Å². The lowest BCUT2D eigenvalue weighted by atomic mass is 10.1. The van der Waals surface area contributed by atoms with Gasteiger partial charge in [-0.25, -0.2) is 0 Å². The Hall–Kier alpha value is -0.870. The van der Waals surface area contributed by atoms with Crippen molar-refractivity contribution < 1.29 is 0 Å². The quantitative estimate of drug-likeness (QED) is 0.848. The maximum absolute atomic E-state index is 11.0. The zero-order chi connectivity index (χ0) is 10.1. The van der Waals surface area contributed by atoms with Crippen molar-refractivity contribution in [2.45, 2.75) is 6.92 Å². The summed E-state index contributed by atoms with van der Waals surface area (Å²) in [5, 5.41) is 1.83. The van der Waals surface area contributed by atoms with Gasteiger partial charge in [0.25, 0.3) is 0 Å². The van der Waals surface area contributed by atoms with E-state index < -0.39 is 0 Å². The molecule has 1 aromatic carbocycles. The molecule has 2 nitrogen and oxygen atoms in total. The fourth-order valence-corrected chi connectivity index (χ4v) is 2.54. The van der Waals surface area contributed by atoms with Crippen LogP contribution in [0.4, 0.5) is 0 Å². The van der Waals surface area contributed by atoms with Crippen LogP contribution in [0.1, 0.15) is 5.56 Å². The van der Waals surface area contributed by atoms with E-state index in [0.717, 1.165) is 15.7 Å². The first kappa shape index (κ1) is 9.68. The van der Waals surface area contributed by atoms with Gasteiger partial charge in [0, 0.05) is 15.4 Å². The molecular weight excluding hydrogens is 262 g/mol. The number of hydrogen-bond donors (Lipinski definition) is 1. The van der Waals surface area contributed by atoms with Crippen molar-refractivity contribution in [3.63, 3.8) is 0 Å². The molecule has 0 bridgehead atoms. The van der Waals surface area contributed by atoms with Crippen molar-refractivity contribution in [2.75, 3.05) is 0 Å². The number of halogens is 1. The molecule has 0 fully saturated rings. The summed E-state index contributed by atoms with van der Waals surface area (Å²) < 4.78 is 1.01. The Kier molecular flexibility index (Phi) is 2.56. The molecule has 0 amide bonds. The van der Waals surface area contributed by atoms with E-state index >= 15 is 0 Å². The lowest BCUT2D eigenvalue weighted by Gasteiger charge is -2.02. The Bertz CT molecular complexity index is 515. The SMILES string of the molecule is Cc1ccc(-c2csc(=O)[nH]2)c(Br)c1. The van der Waals surface area contributed by atoms with Crippen LogP contribution in [0.3, 0.4) is 0 Å². The third-order valence-electron chi connectivity index (χ3n) is 1.94. The molecule has 0 atom stereocenters. The Morgan fingerprint density at radius 2 is 2.21 bits per heavy atom. The molecule has 0 spiro atoms. The summed E-state index contributed by atoms with van der Waals surface area (Å²) in [5.74, 6) is 0. The summed E-state index contributed by atoms with van der Waals surface area (Å²) in [4.78, 5) is 13.8. The van der Waals surface area contributed by atoms with Gasteiger partial charge in [-0.3, -0.25) is 4.79 Å². The zero-order valence-electron chi connectivity index (χ0n) is 7.50. The number of rotatable bonds is 1. The van der Waals surface area contributed by atoms with Gasteiger partial charge < -0.3 is 4.98 Å². The minimum Gasteiger partial charge on any atom is -0.312 e. The van der Waals surface area contributed by atoms with Gasteiger partial charge >= 0.3 is 4.87 Å². The number of H-pyrrole nitrogens is 1. The molecular formula is C10H8BrNOS. The molecule has 1 N–H and O–H groups in total. The van der Waals surface area contributed by atoms with Crippen LogP contribution in [-0.2, 0) is 0 Å². The van der Waals surface area contributed by atoms with E-state index in [0.29, 0.717) is 0 Å². The number of aromatic amines is 1. The van der Waals surface area contributed by atoms with Gasteiger partial charge in [-0.1, -0.05) is 39.4 Å². The second-order valence-corrected chi connectivity index (χ2v) is 4.74. The maximum Gasteiger partial charge on any atom is 0.304 e. The minimum atomic E-state index is -0.0209.